The molecule has 0 radical (unpaired) electrons. The molecule has 0 spiro atoms. The second kappa shape index (κ2) is 9.28. The van der Waals surface area contributed by atoms with E-state index in [-0.39, 0.29) is 18.2 Å². The predicted octanol–water partition coefficient (Wildman–Crippen LogP) is 2.40. The van der Waals surface area contributed by atoms with Gasteiger partial charge >= 0.3 is 5.97 Å². The topological polar surface area (TPSA) is 75.6 Å². The maximum atomic E-state index is 11.7. The molecule has 0 saturated carbocycles. The van der Waals surface area contributed by atoms with Gasteiger partial charge in [-0.1, -0.05) is 13.3 Å². The van der Waals surface area contributed by atoms with Crippen molar-refractivity contribution in [3.63, 3.8) is 0 Å². The molecule has 0 bridgehead atoms. The monoisotopic (exact) mass is 311 g/mol. The molecule has 1 atom stereocenters. The van der Waals surface area contributed by atoms with Crippen LogP contribution < -0.4 is 10.1 Å². The van der Waals surface area contributed by atoms with Crippen LogP contribution in [0.2, 0.25) is 0 Å². The third-order valence-corrected chi connectivity index (χ3v) is 3.97. The molecule has 0 heterocycles. The standard InChI is InChI=1S/C15H21NO4S/c1-3-4-11(15(18)19)9-16-14(17)10-21-13-7-5-12(20-2)6-8-13/h5-8,11H,3-4,9-10H2,1-2H3,(H,16,17)(H,18,19). The van der Waals surface area contributed by atoms with Crippen molar-refractivity contribution in [2.24, 2.45) is 5.92 Å². The lowest BCUT2D eigenvalue weighted by atomic mass is 10.0. The van der Waals surface area contributed by atoms with Gasteiger partial charge < -0.3 is 15.2 Å². The lowest BCUT2D eigenvalue weighted by molar-refractivity contribution is -0.141. The van der Waals surface area contributed by atoms with Crippen molar-refractivity contribution in [1.29, 1.82) is 0 Å². The zero-order valence-corrected chi connectivity index (χ0v) is 13.1. The van der Waals surface area contributed by atoms with Crippen LogP contribution in [0.15, 0.2) is 29.2 Å². The number of methoxy groups -OCH3 is 1. The molecule has 116 valence electrons. The Labute approximate surface area is 129 Å². The lowest BCUT2D eigenvalue weighted by Gasteiger charge is -2.12. The molecule has 5 nitrogen and oxygen atoms in total. The van der Waals surface area contributed by atoms with E-state index in [2.05, 4.69) is 5.32 Å². The third-order valence-electron chi connectivity index (χ3n) is 2.96. The molecule has 0 aromatic heterocycles. The van der Waals surface area contributed by atoms with Crippen LogP contribution >= 0.6 is 11.8 Å². The number of amides is 1. The van der Waals surface area contributed by atoms with Crippen LogP contribution in [0.25, 0.3) is 0 Å². The first-order chi connectivity index (χ1) is 10.1. The summed E-state index contributed by atoms with van der Waals surface area (Å²) >= 11 is 1.41. The van der Waals surface area contributed by atoms with Crippen molar-refractivity contribution < 1.29 is 19.4 Å². The van der Waals surface area contributed by atoms with Crippen LogP contribution in [-0.2, 0) is 9.59 Å². The maximum absolute atomic E-state index is 11.7. The summed E-state index contributed by atoms with van der Waals surface area (Å²) in [5, 5.41) is 11.7. The second-order valence-electron chi connectivity index (χ2n) is 4.59. The number of nitrogens with one attached hydrogen (secondary N) is 1. The summed E-state index contributed by atoms with van der Waals surface area (Å²) in [4.78, 5) is 23.7. The summed E-state index contributed by atoms with van der Waals surface area (Å²) in [6.07, 6.45) is 1.36. The van der Waals surface area contributed by atoms with Gasteiger partial charge in [-0.2, -0.15) is 0 Å². The number of thioether (sulfide) groups is 1. The van der Waals surface area contributed by atoms with E-state index in [9.17, 15) is 9.59 Å². The van der Waals surface area contributed by atoms with Gasteiger partial charge in [0, 0.05) is 11.4 Å². The number of rotatable bonds is 9. The van der Waals surface area contributed by atoms with Crippen LogP contribution in [0, 0.1) is 5.92 Å². The predicted molar refractivity (Wildman–Crippen MR) is 82.8 cm³/mol. The first kappa shape index (κ1) is 17.4. The Bertz CT molecular complexity index is 461. The van der Waals surface area contributed by atoms with Crippen molar-refractivity contribution in [3.8, 4) is 5.75 Å². The van der Waals surface area contributed by atoms with E-state index in [1.54, 1.807) is 7.11 Å². The molecule has 0 aliphatic rings. The van der Waals surface area contributed by atoms with E-state index in [1.807, 2.05) is 31.2 Å². The fraction of sp³-hybridized carbons (Fsp3) is 0.467. The minimum atomic E-state index is -0.861. The zero-order chi connectivity index (χ0) is 15.7. The molecule has 2 N–H and O–H groups in total. The quantitative estimate of drug-likeness (QED) is 0.685. The number of benzene rings is 1. The van der Waals surface area contributed by atoms with E-state index in [4.69, 9.17) is 9.84 Å². The van der Waals surface area contributed by atoms with Crippen molar-refractivity contribution in [3.05, 3.63) is 24.3 Å². The van der Waals surface area contributed by atoms with Crippen LogP contribution in [-0.4, -0.2) is 36.4 Å². The fourth-order valence-corrected chi connectivity index (χ4v) is 2.50. The Morgan fingerprint density at radius 3 is 2.52 bits per heavy atom. The first-order valence-corrected chi connectivity index (χ1v) is 7.81. The van der Waals surface area contributed by atoms with Gasteiger partial charge in [0.15, 0.2) is 0 Å². The Morgan fingerprint density at radius 1 is 1.33 bits per heavy atom. The van der Waals surface area contributed by atoms with Gasteiger partial charge in [0.1, 0.15) is 5.75 Å². The summed E-state index contributed by atoms with van der Waals surface area (Å²) in [7, 11) is 1.60. The molecule has 0 saturated heterocycles. The molecule has 1 unspecified atom stereocenters. The number of hydrogen-bond acceptors (Lipinski definition) is 4. The molecule has 0 fully saturated rings. The highest BCUT2D eigenvalue weighted by atomic mass is 32.2. The average molecular weight is 311 g/mol. The summed E-state index contributed by atoms with van der Waals surface area (Å²) in [6.45, 7) is 2.11. The van der Waals surface area contributed by atoms with Crippen molar-refractivity contribution in [2.75, 3.05) is 19.4 Å². The Balaban J connectivity index is 2.34. The molecule has 0 aliphatic heterocycles. The molecule has 1 aromatic carbocycles. The minimum absolute atomic E-state index is 0.154. The second-order valence-corrected chi connectivity index (χ2v) is 5.64. The maximum Gasteiger partial charge on any atom is 0.308 e. The normalized spacial score (nSPS) is 11.7. The van der Waals surface area contributed by atoms with E-state index in [1.165, 1.54) is 11.8 Å². The van der Waals surface area contributed by atoms with Crippen LogP contribution in [0.3, 0.4) is 0 Å². The van der Waals surface area contributed by atoms with Crippen LogP contribution in [0.4, 0.5) is 0 Å². The summed E-state index contributed by atoms with van der Waals surface area (Å²) in [5.74, 6) is -0.485. The average Bonchev–Trinajstić information content (AvgIpc) is 2.49. The molecule has 21 heavy (non-hydrogen) atoms. The highest BCUT2D eigenvalue weighted by molar-refractivity contribution is 8.00. The molecular formula is C15H21NO4S. The first-order valence-electron chi connectivity index (χ1n) is 6.83. The number of hydrogen-bond donors (Lipinski definition) is 2. The largest absolute Gasteiger partial charge is 0.497 e. The highest BCUT2D eigenvalue weighted by Crippen LogP contribution is 2.20. The Morgan fingerprint density at radius 2 is 2.00 bits per heavy atom. The van der Waals surface area contributed by atoms with Crippen molar-refractivity contribution in [1.82, 2.24) is 5.32 Å². The smallest absolute Gasteiger partial charge is 0.308 e. The molecule has 0 aliphatic carbocycles. The van der Waals surface area contributed by atoms with Gasteiger partial charge in [0.2, 0.25) is 5.91 Å². The Kier molecular flexibility index (Phi) is 7.68. The molecule has 6 heteroatoms. The van der Waals surface area contributed by atoms with Crippen LogP contribution in [0.1, 0.15) is 19.8 Å². The zero-order valence-electron chi connectivity index (χ0n) is 12.3. The number of aliphatic carboxylic acids is 1. The van der Waals surface area contributed by atoms with Gasteiger partial charge in [-0.15, -0.1) is 11.8 Å². The van der Waals surface area contributed by atoms with Gasteiger partial charge in [-0.25, -0.2) is 0 Å². The lowest BCUT2D eigenvalue weighted by Crippen LogP contribution is -2.33. The summed E-state index contributed by atoms with van der Waals surface area (Å²) < 4.78 is 5.06. The van der Waals surface area contributed by atoms with Crippen molar-refractivity contribution >= 4 is 23.6 Å². The fourth-order valence-electron chi connectivity index (χ4n) is 1.77. The number of carbonyl (C=O) groups is 2. The van der Waals surface area contributed by atoms with Crippen molar-refractivity contribution in [2.45, 2.75) is 24.7 Å². The number of carboxylic acid groups (broad SMARTS) is 1. The molecular weight excluding hydrogens is 290 g/mol. The van der Waals surface area contributed by atoms with Gasteiger partial charge in [-0.3, -0.25) is 9.59 Å². The Hall–Kier alpha value is -1.69. The van der Waals surface area contributed by atoms with E-state index >= 15 is 0 Å². The van der Waals surface area contributed by atoms with E-state index in [0.717, 1.165) is 17.1 Å². The van der Waals surface area contributed by atoms with E-state index in [0.29, 0.717) is 6.42 Å². The number of ether oxygens (including phenoxy) is 1. The highest BCUT2D eigenvalue weighted by Gasteiger charge is 2.17. The molecule has 1 aromatic rings. The number of carbonyl (C=O) groups excluding carboxylic acids is 1. The van der Waals surface area contributed by atoms with Crippen LogP contribution in [0.5, 0.6) is 5.75 Å². The third kappa shape index (κ3) is 6.53. The molecule has 1 rings (SSSR count). The SMILES string of the molecule is CCCC(CNC(=O)CSc1ccc(OC)cc1)C(=O)O. The summed E-state index contributed by atoms with van der Waals surface area (Å²) in [5.41, 5.74) is 0. The van der Waals surface area contributed by atoms with Gasteiger partial charge in [-0.05, 0) is 30.7 Å². The summed E-state index contributed by atoms with van der Waals surface area (Å²) in [6, 6.07) is 7.44. The molecule has 1 amide bonds. The van der Waals surface area contributed by atoms with Gasteiger partial charge in [0.25, 0.3) is 0 Å². The van der Waals surface area contributed by atoms with E-state index < -0.39 is 11.9 Å². The number of carboxylic acids is 1. The van der Waals surface area contributed by atoms with Gasteiger partial charge in [0.05, 0.1) is 18.8 Å². The minimum Gasteiger partial charge on any atom is -0.497 e.